The van der Waals surface area contributed by atoms with Gasteiger partial charge in [0, 0.05) is 24.3 Å². The van der Waals surface area contributed by atoms with Gasteiger partial charge in [0.15, 0.2) is 0 Å². The third-order valence-corrected chi connectivity index (χ3v) is 5.71. The van der Waals surface area contributed by atoms with Gasteiger partial charge in [-0.25, -0.2) is 0 Å². The van der Waals surface area contributed by atoms with Gasteiger partial charge in [-0.1, -0.05) is 18.2 Å². The van der Waals surface area contributed by atoms with E-state index in [1.54, 1.807) is 36.0 Å². The maximum atomic E-state index is 13.0. The molecule has 5 nitrogen and oxygen atoms in total. The molecule has 0 spiro atoms. The lowest BCUT2D eigenvalue weighted by atomic mass is 9.88. The number of aryl methyl sites for hydroxylation is 1. The Bertz CT molecular complexity index is 963. The van der Waals surface area contributed by atoms with E-state index < -0.39 is 11.7 Å². The lowest BCUT2D eigenvalue weighted by Gasteiger charge is -2.32. The molecule has 1 fully saturated rings. The Morgan fingerprint density at radius 1 is 1.06 bits per heavy atom. The van der Waals surface area contributed by atoms with Crippen LogP contribution in [0.2, 0.25) is 0 Å². The number of hydrogen-bond donors (Lipinski definition) is 1. The first kappa shape index (κ1) is 23.8. The summed E-state index contributed by atoms with van der Waals surface area (Å²) in [5.41, 5.74) is 2.20. The summed E-state index contributed by atoms with van der Waals surface area (Å²) in [6, 6.07) is 10.6. The Morgan fingerprint density at radius 3 is 2.25 bits per heavy atom. The molecule has 0 aliphatic carbocycles. The molecular formula is C24H28F3N3O2. The van der Waals surface area contributed by atoms with Crippen LogP contribution in [0.3, 0.4) is 0 Å². The highest BCUT2D eigenvalue weighted by molar-refractivity contribution is 5.98. The fraction of sp³-hybridized carbons (Fsp3) is 0.417. The highest BCUT2D eigenvalue weighted by Crippen LogP contribution is 2.33. The van der Waals surface area contributed by atoms with Gasteiger partial charge in [0.05, 0.1) is 12.1 Å². The molecule has 2 aromatic carbocycles. The van der Waals surface area contributed by atoms with Crippen LogP contribution in [-0.2, 0) is 11.0 Å². The first-order valence-corrected chi connectivity index (χ1v) is 10.6. The monoisotopic (exact) mass is 447 g/mol. The molecule has 0 radical (unpaired) electrons. The van der Waals surface area contributed by atoms with E-state index >= 15 is 0 Å². The minimum absolute atomic E-state index is 0.112. The van der Waals surface area contributed by atoms with E-state index in [0.717, 1.165) is 23.3 Å². The molecule has 3 rings (SSSR count). The number of piperidine rings is 1. The van der Waals surface area contributed by atoms with Crippen LogP contribution in [0.25, 0.3) is 0 Å². The summed E-state index contributed by atoms with van der Waals surface area (Å²) in [5, 5.41) is 2.85. The number of carbonyl (C=O) groups excluding carboxylic acids is 2. The van der Waals surface area contributed by atoms with Crippen molar-refractivity contribution in [2.75, 3.05) is 39.0 Å². The number of amides is 2. The normalized spacial score (nSPS) is 15.2. The highest BCUT2D eigenvalue weighted by atomic mass is 19.4. The minimum Gasteiger partial charge on any atom is -0.339 e. The van der Waals surface area contributed by atoms with E-state index in [2.05, 4.69) is 5.32 Å². The summed E-state index contributed by atoms with van der Waals surface area (Å²) in [6.07, 6.45) is -2.96. The van der Waals surface area contributed by atoms with Gasteiger partial charge >= 0.3 is 6.18 Å². The number of likely N-dealkylation sites (tertiary alicyclic amines) is 1. The zero-order valence-electron chi connectivity index (χ0n) is 18.5. The van der Waals surface area contributed by atoms with Crippen molar-refractivity contribution in [3.8, 4) is 0 Å². The first-order chi connectivity index (χ1) is 15.0. The van der Waals surface area contributed by atoms with Crippen molar-refractivity contribution >= 4 is 17.5 Å². The van der Waals surface area contributed by atoms with Crippen molar-refractivity contribution in [3.05, 3.63) is 64.7 Å². The third kappa shape index (κ3) is 5.88. The van der Waals surface area contributed by atoms with Gasteiger partial charge in [0.1, 0.15) is 0 Å². The lowest BCUT2D eigenvalue weighted by Crippen LogP contribution is -2.38. The number of carbonyl (C=O) groups is 2. The van der Waals surface area contributed by atoms with E-state index in [1.165, 1.54) is 12.1 Å². The molecule has 32 heavy (non-hydrogen) atoms. The van der Waals surface area contributed by atoms with E-state index in [-0.39, 0.29) is 24.3 Å². The number of nitrogens with one attached hydrogen (secondary N) is 1. The number of rotatable bonds is 5. The van der Waals surface area contributed by atoms with Gasteiger partial charge in [-0.05, 0) is 75.2 Å². The molecule has 1 aliphatic rings. The van der Waals surface area contributed by atoms with Gasteiger partial charge in [-0.2, -0.15) is 13.2 Å². The van der Waals surface area contributed by atoms with Crippen molar-refractivity contribution in [2.45, 2.75) is 31.9 Å². The predicted octanol–water partition coefficient (Wildman–Crippen LogP) is 4.53. The van der Waals surface area contributed by atoms with Crippen LogP contribution in [0.1, 0.15) is 45.8 Å². The van der Waals surface area contributed by atoms with Crippen molar-refractivity contribution in [1.82, 2.24) is 9.80 Å². The second-order valence-corrected chi connectivity index (χ2v) is 8.50. The second kappa shape index (κ2) is 9.73. The summed E-state index contributed by atoms with van der Waals surface area (Å²) in [6.45, 7) is 3.17. The zero-order valence-corrected chi connectivity index (χ0v) is 18.5. The summed E-state index contributed by atoms with van der Waals surface area (Å²) in [7, 11) is 3.61. The number of halogens is 3. The maximum Gasteiger partial charge on any atom is 0.416 e. The number of anilines is 1. The number of likely N-dealkylation sites (N-methyl/N-ethyl adjacent to an activating group) is 1. The molecule has 8 heteroatoms. The molecule has 1 aliphatic heterocycles. The number of alkyl halides is 3. The molecule has 0 atom stereocenters. The van der Waals surface area contributed by atoms with Crippen LogP contribution in [0.5, 0.6) is 0 Å². The standard InChI is InChI=1S/C24H28F3N3O2/c1-16-4-5-19(14-21(16)28-22(31)15-29(2)3)23(32)30-12-10-18(11-13-30)17-6-8-20(9-7-17)24(25,26)27/h4-9,14,18H,10-13,15H2,1-3H3,(H,28,31). The lowest BCUT2D eigenvalue weighted by molar-refractivity contribution is -0.137. The van der Waals surface area contributed by atoms with Crippen LogP contribution in [0.4, 0.5) is 18.9 Å². The van der Waals surface area contributed by atoms with Gasteiger partial charge in [-0.3, -0.25) is 9.59 Å². The molecule has 0 aromatic heterocycles. The Hall–Kier alpha value is -2.87. The van der Waals surface area contributed by atoms with Crippen LogP contribution in [0, 0.1) is 6.92 Å². The Kier molecular flexibility index (Phi) is 7.23. The van der Waals surface area contributed by atoms with E-state index in [9.17, 15) is 22.8 Å². The fourth-order valence-corrected chi connectivity index (χ4v) is 3.91. The summed E-state index contributed by atoms with van der Waals surface area (Å²) < 4.78 is 38.3. The predicted molar refractivity (Wildman–Crippen MR) is 118 cm³/mol. The molecule has 1 saturated heterocycles. The molecule has 2 amide bonds. The van der Waals surface area contributed by atoms with Crippen molar-refractivity contribution in [3.63, 3.8) is 0 Å². The molecule has 0 saturated carbocycles. The van der Waals surface area contributed by atoms with E-state index in [0.29, 0.717) is 37.2 Å². The molecule has 1 heterocycles. The number of benzene rings is 2. The Balaban J connectivity index is 1.63. The topological polar surface area (TPSA) is 52.7 Å². The number of nitrogens with zero attached hydrogens (tertiary/aromatic N) is 2. The largest absolute Gasteiger partial charge is 0.416 e. The third-order valence-electron chi connectivity index (χ3n) is 5.71. The van der Waals surface area contributed by atoms with Gasteiger partial charge in [0.25, 0.3) is 5.91 Å². The smallest absolute Gasteiger partial charge is 0.339 e. The summed E-state index contributed by atoms with van der Waals surface area (Å²) >= 11 is 0. The molecular weight excluding hydrogens is 419 g/mol. The zero-order chi connectivity index (χ0) is 23.5. The highest BCUT2D eigenvalue weighted by Gasteiger charge is 2.31. The average Bonchev–Trinajstić information content (AvgIpc) is 2.74. The van der Waals surface area contributed by atoms with Crippen LogP contribution in [0.15, 0.2) is 42.5 Å². The molecule has 172 valence electrons. The average molecular weight is 448 g/mol. The van der Waals surface area contributed by atoms with Gasteiger partial charge in [-0.15, -0.1) is 0 Å². The van der Waals surface area contributed by atoms with Gasteiger partial charge in [0.2, 0.25) is 5.91 Å². The minimum atomic E-state index is -4.34. The summed E-state index contributed by atoms with van der Waals surface area (Å²) in [5.74, 6) is -0.140. The van der Waals surface area contributed by atoms with Crippen LogP contribution in [-0.4, -0.2) is 55.3 Å². The maximum absolute atomic E-state index is 13.0. The van der Waals surface area contributed by atoms with Crippen LogP contribution < -0.4 is 5.32 Å². The fourth-order valence-electron chi connectivity index (χ4n) is 3.91. The first-order valence-electron chi connectivity index (χ1n) is 10.6. The molecule has 1 N–H and O–H groups in total. The Labute approximate surface area is 186 Å². The second-order valence-electron chi connectivity index (χ2n) is 8.50. The number of hydrogen-bond acceptors (Lipinski definition) is 3. The van der Waals surface area contributed by atoms with Crippen molar-refractivity contribution in [2.24, 2.45) is 0 Å². The quantitative estimate of drug-likeness (QED) is 0.733. The molecule has 0 bridgehead atoms. The van der Waals surface area contributed by atoms with Crippen LogP contribution >= 0.6 is 0 Å². The van der Waals surface area contributed by atoms with Gasteiger partial charge < -0.3 is 15.1 Å². The molecule has 2 aromatic rings. The van der Waals surface area contributed by atoms with E-state index in [1.807, 2.05) is 13.0 Å². The van der Waals surface area contributed by atoms with Crippen molar-refractivity contribution < 1.29 is 22.8 Å². The molecule has 0 unspecified atom stereocenters. The van der Waals surface area contributed by atoms with E-state index in [4.69, 9.17) is 0 Å². The SMILES string of the molecule is Cc1ccc(C(=O)N2CCC(c3ccc(C(F)(F)F)cc3)CC2)cc1NC(=O)CN(C)C. The summed E-state index contributed by atoms with van der Waals surface area (Å²) in [4.78, 5) is 28.6. The van der Waals surface area contributed by atoms with Crippen molar-refractivity contribution in [1.29, 1.82) is 0 Å². The Morgan fingerprint density at radius 2 is 1.69 bits per heavy atom.